The first kappa shape index (κ1) is 12.6. The number of nitrogens with zero attached hydrogens (tertiary/aromatic N) is 2. The minimum atomic E-state index is 0.0659. The number of nitrogens with one attached hydrogen (secondary N) is 1. The number of hydrogen-bond acceptors (Lipinski definition) is 3. The van der Waals surface area contributed by atoms with Crippen LogP contribution in [0.5, 0.6) is 0 Å². The van der Waals surface area contributed by atoms with E-state index in [9.17, 15) is 0 Å². The lowest BCUT2D eigenvalue weighted by molar-refractivity contribution is 0.597. The van der Waals surface area contributed by atoms with Crippen LogP contribution in [0.3, 0.4) is 0 Å². The number of rotatable bonds is 4. The van der Waals surface area contributed by atoms with Crippen molar-refractivity contribution in [1.29, 1.82) is 0 Å². The topological polar surface area (TPSA) is 29.9 Å². The second-order valence-electron chi connectivity index (χ2n) is 3.89. The van der Waals surface area contributed by atoms with Crippen molar-refractivity contribution in [3.8, 4) is 0 Å². The van der Waals surface area contributed by atoms with Gasteiger partial charge in [-0.25, -0.2) is 4.98 Å². The Morgan fingerprint density at radius 2 is 2.35 bits per heavy atom. The molecule has 0 aliphatic carbocycles. The molecule has 0 spiro atoms. The third-order valence-corrected chi connectivity index (χ3v) is 4.60. The van der Waals surface area contributed by atoms with Crippen molar-refractivity contribution in [1.82, 2.24) is 14.9 Å². The summed E-state index contributed by atoms with van der Waals surface area (Å²) in [5.74, 6) is 1.01. The third-order valence-electron chi connectivity index (χ3n) is 2.82. The summed E-state index contributed by atoms with van der Waals surface area (Å²) in [7, 11) is 1.94. The Morgan fingerprint density at radius 3 is 2.88 bits per heavy atom. The van der Waals surface area contributed by atoms with Crippen LogP contribution in [0.25, 0.3) is 0 Å². The molecule has 2 rings (SSSR count). The maximum Gasteiger partial charge on any atom is 0.131 e. The van der Waals surface area contributed by atoms with Gasteiger partial charge in [-0.05, 0) is 31.8 Å². The molecule has 1 N–H and O–H groups in total. The molecule has 1 atom stereocenters. The number of thiophene rings is 1. The molecule has 2 aromatic rings. The van der Waals surface area contributed by atoms with Gasteiger partial charge in [-0.2, -0.15) is 0 Å². The first-order valence-corrected chi connectivity index (χ1v) is 6.86. The van der Waals surface area contributed by atoms with Crippen LogP contribution in [-0.4, -0.2) is 16.6 Å². The molecule has 0 fully saturated rings. The zero-order valence-electron chi connectivity index (χ0n) is 10.2. The zero-order chi connectivity index (χ0) is 12.4. The van der Waals surface area contributed by atoms with Crippen molar-refractivity contribution in [2.24, 2.45) is 0 Å². The van der Waals surface area contributed by atoms with Gasteiger partial charge in [0.05, 0.1) is 5.02 Å². The normalized spacial score (nSPS) is 12.9. The van der Waals surface area contributed by atoms with Crippen molar-refractivity contribution in [3.63, 3.8) is 0 Å². The van der Waals surface area contributed by atoms with E-state index in [1.807, 2.05) is 26.4 Å². The van der Waals surface area contributed by atoms with Crippen molar-refractivity contribution in [2.45, 2.75) is 26.4 Å². The van der Waals surface area contributed by atoms with Crippen molar-refractivity contribution in [3.05, 3.63) is 39.1 Å². The Hall–Kier alpha value is -0.840. The fraction of sp³-hybridized carbons (Fsp3) is 0.417. The van der Waals surface area contributed by atoms with E-state index in [0.29, 0.717) is 0 Å². The maximum absolute atomic E-state index is 6.33. The molecule has 0 aliphatic heterocycles. The van der Waals surface area contributed by atoms with Gasteiger partial charge in [-0.3, -0.25) is 0 Å². The molecular formula is C12H16ClN3S. The van der Waals surface area contributed by atoms with Gasteiger partial charge in [0.15, 0.2) is 0 Å². The van der Waals surface area contributed by atoms with Crippen LogP contribution >= 0.6 is 22.9 Å². The molecule has 5 heteroatoms. The van der Waals surface area contributed by atoms with Crippen LogP contribution in [-0.2, 0) is 6.54 Å². The lowest BCUT2D eigenvalue weighted by Gasteiger charge is -2.16. The zero-order valence-corrected chi connectivity index (χ0v) is 11.8. The van der Waals surface area contributed by atoms with E-state index in [1.165, 1.54) is 0 Å². The number of halogens is 1. The Kier molecular flexibility index (Phi) is 3.86. The predicted octanol–water partition coefficient (Wildman–Crippen LogP) is 3.24. The van der Waals surface area contributed by atoms with E-state index in [1.54, 1.807) is 11.3 Å². The molecule has 3 nitrogen and oxygen atoms in total. The van der Waals surface area contributed by atoms with Crippen molar-refractivity contribution in [2.75, 3.05) is 7.05 Å². The first-order chi connectivity index (χ1) is 8.19. The summed E-state index contributed by atoms with van der Waals surface area (Å²) in [6.07, 6.45) is 3.82. The quantitative estimate of drug-likeness (QED) is 0.924. The molecule has 2 heterocycles. The van der Waals surface area contributed by atoms with Gasteiger partial charge in [0.2, 0.25) is 0 Å². The second kappa shape index (κ2) is 5.21. The molecular weight excluding hydrogens is 254 g/mol. The Bertz CT molecular complexity index is 504. The Morgan fingerprint density at radius 1 is 1.59 bits per heavy atom. The summed E-state index contributed by atoms with van der Waals surface area (Å²) in [6, 6.07) is 0.0659. The Balaban J connectivity index is 2.44. The van der Waals surface area contributed by atoms with Crippen LogP contribution in [0.4, 0.5) is 0 Å². The van der Waals surface area contributed by atoms with E-state index in [2.05, 4.69) is 27.2 Å². The standard InChI is InChI=1S/C12H16ClN3S/c1-4-16-6-5-15-12(16)10(14-3)11-9(13)8(2)7-17-11/h5-7,10,14H,4H2,1-3H3. The van der Waals surface area contributed by atoms with Gasteiger partial charge in [0, 0.05) is 23.8 Å². The molecule has 0 bridgehead atoms. The first-order valence-electron chi connectivity index (χ1n) is 5.60. The summed E-state index contributed by atoms with van der Waals surface area (Å²) < 4.78 is 2.13. The van der Waals surface area contributed by atoms with E-state index in [4.69, 9.17) is 11.6 Å². The van der Waals surface area contributed by atoms with Gasteiger partial charge in [0.25, 0.3) is 0 Å². The summed E-state index contributed by atoms with van der Waals surface area (Å²) >= 11 is 8.01. The second-order valence-corrected chi connectivity index (χ2v) is 5.18. The van der Waals surface area contributed by atoms with Crippen molar-refractivity contribution < 1.29 is 0 Å². The highest BCUT2D eigenvalue weighted by Crippen LogP contribution is 2.34. The highest BCUT2D eigenvalue weighted by Gasteiger charge is 2.21. The highest BCUT2D eigenvalue weighted by atomic mass is 35.5. The number of aromatic nitrogens is 2. The number of hydrogen-bond donors (Lipinski definition) is 1. The van der Waals surface area contributed by atoms with Crippen LogP contribution in [0.1, 0.15) is 29.2 Å². The molecule has 92 valence electrons. The van der Waals surface area contributed by atoms with E-state index in [-0.39, 0.29) is 6.04 Å². The van der Waals surface area contributed by atoms with Gasteiger partial charge < -0.3 is 9.88 Å². The molecule has 0 aliphatic rings. The number of aryl methyl sites for hydroxylation is 2. The SMILES string of the molecule is CCn1ccnc1C(NC)c1scc(C)c1Cl. The van der Waals surface area contributed by atoms with Crippen LogP contribution in [0, 0.1) is 6.92 Å². The fourth-order valence-electron chi connectivity index (χ4n) is 1.87. The molecule has 0 saturated carbocycles. The van der Waals surface area contributed by atoms with Crippen LogP contribution in [0.2, 0.25) is 5.02 Å². The van der Waals surface area contributed by atoms with E-state index < -0.39 is 0 Å². The van der Waals surface area contributed by atoms with Gasteiger partial charge in [-0.15, -0.1) is 11.3 Å². The van der Waals surface area contributed by atoms with Crippen molar-refractivity contribution >= 4 is 22.9 Å². The average molecular weight is 270 g/mol. The minimum absolute atomic E-state index is 0.0659. The molecule has 17 heavy (non-hydrogen) atoms. The largest absolute Gasteiger partial charge is 0.334 e. The van der Waals surface area contributed by atoms with Gasteiger partial charge in [-0.1, -0.05) is 11.6 Å². The summed E-state index contributed by atoms with van der Waals surface area (Å²) in [5, 5.41) is 6.22. The Labute approximate surface area is 110 Å². The number of imidazole rings is 1. The van der Waals surface area contributed by atoms with E-state index >= 15 is 0 Å². The highest BCUT2D eigenvalue weighted by molar-refractivity contribution is 7.10. The molecule has 0 aromatic carbocycles. The average Bonchev–Trinajstić information content (AvgIpc) is 2.92. The molecule has 1 unspecified atom stereocenters. The summed E-state index contributed by atoms with van der Waals surface area (Å²) in [4.78, 5) is 5.57. The van der Waals surface area contributed by atoms with Gasteiger partial charge >= 0.3 is 0 Å². The lowest BCUT2D eigenvalue weighted by Crippen LogP contribution is -2.21. The minimum Gasteiger partial charge on any atom is -0.334 e. The molecule has 0 radical (unpaired) electrons. The molecule has 0 amide bonds. The lowest BCUT2D eigenvalue weighted by atomic mass is 10.2. The monoisotopic (exact) mass is 269 g/mol. The van der Waals surface area contributed by atoms with Gasteiger partial charge in [0.1, 0.15) is 11.9 Å². The third kappa shape index (κ3) is 2.25. The van der Waals surface area contributed by atoms with Crippen LogP contribution < -0.4 is 5.32 Å². The fourth-order valence-corrected chi connectivity index (χ4v) is 3.28. The van der Waals surface area contributed by atoms with E-state index in [0.717, 1.165) is 27.8 Å². The maximum atomic E-state index is 6.33. The molecule has 0 saturated heterocycles. The summed E-state index contributed by atoms with van der Waals surface area (Å²) in [5.41, 5.74) is 1.13. The summed E-state index contributed by atoms with van der Waals surface area (Å²) in [6.45, 7) is 5.05. The smallest absolute Gasteiger partial charge is 0.131 e. The van der Waals surface area contributed by atoms with Crippen LogP contribution in [0.15, 0.2) is 17.8 Å². The molecule has 2 aromatic heterocycles. The predicted molar refractivity (Wildman–Crippen MR) is 72.9 cm³/mol.